The molecule has 2 rings (SSSR count). The summed E-state index contributed by atoms with van der Waals surface area (Å²) in [5, 5.41) is 11.9. The minimum absolute atomic E-state index is 0.0330. The molecule has 20 heavy (non-hydrogen) atoms. The van der Waals surface area contributed by atoms with Gasteiger partial charge in [-0.2, -0.15) is 0 Å². The molecular formula is C13H11Cl2N3O2. The van der Waals surface area contributed by atoms with Crippen molar-refractivity contribution in [3.8, 4) is 0 Å². The molecule has 7 heteroatoms. The highest BCUT2D eigenvalue weighted by Gasteiger charge is 2.16. The second kappa shape index (κ2) is 6.07. The van der Waals surface area contributed by atoms with E-state index in [2.05, 4.69) is 4.98 Å². The second-order valence-corrected chi connectivity index (χ2v) is 4.82. The van der Waals surface area contributed by atoms with Gasteiger partial charge in [-0.1, -0.05) is 29.3 Å². The lowest BCUT2D eigenvalue weighted by Gasteiger charge is -2.00. The highest BCUT2D eigenvalue weighted by Crippen LogP contribution is 2.23. The van der Waals surface area contributed by atoms with Gasteiger partial charge in [0.15, 0.2) is 0 Å². The summed E-state index contributed by atoms with van der Waals surface area (Å²) in [4.78, 5) is 14.4. The SMILES string of the molecule is CCn1c([N+](=O)[O-])cnc1/C=C/c1ccc(Cl)cc1Cl. The quantitative estimate of drug-likeness (QED) is 0.625. The molecule has 5 nitrogen and oxygen atoms in total. The van der Waals surface area contributed by atoms with E-state index in [0.29, 0.717) is 22.4 Å². The Hall–Kier alpha value is -1.85. The van der Waals surface area contributed by atoms with E-state index in [-0.39, 0.29) is 5.82 Å². The van der Waals surface area contributed by atoms with Gasteiger partial charge in [0.2, 0.25) is 5.82 Å². The molecule has 0 aliphatic carbocycles. The zero-order valence-corrected chi connectivity index (χ0v) is 12.1. The Bertz CT molecular complexity index is 680. The molecule has 0 N–H and O–H groups in total. The van der Waals surface area contributed by atoms with Crippen LogP contribution in [0.2, 0.25) is 10.0 Å². The van der Waals surface area contributed by atoms with Gasteiger partial charge >= 0.3 is 5.82 Å². The number of hydrogen-bond donors (Lipinski definition) is 0. The summed E-state index contributed by atoms with van der Waals surface area (Å²) >= 11 is 11.9. The van der Waals surface area contributed by atoms with E-state index in [1.807, 2.05) is 6.92 Å². The van der Waals surface area contributed by atoms with Crippen LogP contribution in [0.3, 0.4) is 0 Å². The number of nitro groups is 1. The minimum atomic E-state index is -0.455. The lowest BCUT2D eigenvalue weighted by Crippen LogP contribution is -2.02. The molecule has 0 aliphatic heterocycles. The number of halogens is 2. The summed E-state index contributed by atoms with van der Waals surface area (Å²) in [7, 11) is 0. The molecule has 0 spiro atoms. The van der Waals surface area contributed by atoms with Crippen LogP contribution >= 0.6 is 23.2 Å². The molecule has 0 aliphatic rings. The summed E-state index contributed by atoms with van der Waals surface area (Å²) in [5.41, 5.74) is 0.768. The molecule has 104 valence electrons. The van der Waals surface area contributed by atoms with Crippen LogP contribution in [0.1, 0.15) is 18.3 Å². The Labute approximate surface area is 125 Å². The maximum Gasteiger partial charge on any atom is 0.343 e. The van der Waals surface area contributed by atoms with Gasteiger partial charge in [0.1, 0.15) is 6.20 Å². The zero-order valence-electron chi connectivity index (χ0n) is 10.6. The largest absolute Gasteiger partial charge is 0.358 e. The van der Waals surface area contributed by atoms with Crippen LogP contribution in [-0.4, -0.2) is 14.5 Å². The summed E-state index contributed by atoms with van der Waals surface area (Å²) in [6.07, 6.45) is 4.68. The number of aromatic nitrogens is 2. The van der Waals surface area contributed by atoms with Crippen molar-refractivity contribution in [2.45, 2.75) is 13.5 Å². The van der Waals surface area contributed by atoms with E-state index >= 15 is 0 Å². The molecule has 0 amide bonds. The van der Waals surface area contributed by atoms with Gasteiger partial charge in [0.05, 0.1) is 6.54 Å². The normalized spacial score (nSPS) is 11.2. The van der Waals surface area contributed by atoms with Gasteiger partial charge in [0, 0.05) is 16.1 Å². The monoisotopic (exact) mass is 311 g/mol. The standard InChI is InChI=1S/C13H11Cl2N3O2/c1-2-17-12(16-8-13(17)18(19)20)6-4-9-3-5-10(14)7-11(9)15/h3-8H,2H2,1H3/b6-4+. The summed E-state index contributed by atoms with van der Waals surface area (Å²) in [5.74, 6) is 0.472. The topological polar surface area (TPSA) is 61.0 Å². The lowest BCUT2D eigenvalue weighted by atomic mass is 10.2. The molecule has 2 aromatic rings. The Morgan fingerprint density at radius 3 is 2.75 bits per heavy atom. The summed E-state index contributed by atoms with van der Waals surface area (Å²) in [6.45, 7) is 2.28. The van der Waals surface area contributed by atoms with Crippen molar-refractivity contribution in [3.63, 3.8) is 0 Å². The average molecular weight is 312 g/mol. The van der Waals surface area contributed by atoms with Gasteiger partial charge in [-0.05, 0) is 35.6 Å². The zero-order chi connectivity index (χ0) is 14.7. The van der Waals surface area contributed by atoms with Crippen molar-refractivity contribution in [2.75, 3.05) is 0 Å². The van der Waals surface area contributed by atoms with E-state index in [1.54, 1.807) is 30.4 Å². The average Bonchev–Trinajstić information content (AvgIpc) is 2.80. The molecule has 1 aromatic carbocycles. The van der Waals surface area contributed by atoms with Crippen LogP contribution in [0.25, 0.3) is 12.2 Å². The molecule has 0 unspecified atom stereocenters. The Balaban J connectivity index is 2.34. The highest BCUT2D eigenvalue weighted by atomic mass is 35.5. The van der Waals surface area contributed by atoms with Crippen molar-refractivity contribution in [1.29, 1.82) is 0 Å². The predicted octanol–water partition coefficient (Wildman–Crippen LogP) is 4.29. The number of benzene rings is 1. The third kappa shape index (κ3) is 3.00. The van der Waals surface area contributed by atoms with Crippen molar-refractivity contribution < 1.29 is 4.92 Å². The van der Waals surface area contributed by atoms with Gasteiger partial charge in [-0.25, -0.2) is 9.55 Å². The fourth-order valence-electron chi connectivity index (χ4n) is 1.78. The summed E-state index contributed by atoms with van der Waals surface area (Å²) in [6, 6.07) is 5.13. The fourth-order valence-corrected chi connectivity index (χ4v) is 2.26. The van der Waals surface area contributed by atoms with Crippen molar-refractivity contribution in [3.05, 3.63) is 55.9 Å². The lowest BCUT2D eigenvalue weighted by molar-refractivity contribution is -0.392. The van der Waals surface area contributed by atoms with E-state index in [4.69, 9.17) is 23.2 Å². The number of rotatable bonds is 4. The third-order valence-electron chi connectivity index (χ3n) is 2.74. The molecule has 1 heterocycles. The number of nitrogens with zero attached hydrogens (tertiary/aromatic N) is 3. The molecule has 0 fully saturated rings. The molecular weight excluding hydrogens is 301 g/mol. The van der Waals surface area contributed by atoms with E-state index in [1.165, 1.54) is 10.8 Å². The van der Waals surface area contributed by atoms with Crippen LogP contribution in [0.4, 0.5) is 5.82 Å². The van der Waals surface area contributed by atoms with Gasteiger partial charge in [-0.15, -0.1) is 0 Å². The Kier molecular flexibility index (Phi) is 4.42. The first kappa shape index (κ1) is 14.6. The highest BCUT2D eigenvalue weighted by molar-refractivity contribution is 6.35. The third-order valence-corrected chi connectivity index (χ3v) is 3.31. The van der Waals surface area contributed by atoms with Gasteiger partial charge < -0.3 is 10.1 Å². The van der Waals surface area contributed by atoms with Crippen LogP contribution in [-0.2, 0) is 6.54 Å². The maximum atomic E-state index is 10.8. The van der Waals surface area contributed by atoms with Crippen molar-refractivity contribution in [1.82, 2.24) is 9.55 Å². The first-order valence-corrected chi connectivity index (χ1v) is 6.61. The van der Waals surface area contributed by atoms with E-state index in [9.17, 15) is 10.1 Å². The van der Waals surface area contributed by atoms with E-state index in [0.717, 1.165) is 5.56 Å². The first-order valence-electron chi connectivity index (χ1n) is 5.86. The minimum Gasteiger partial charge on any atom is -0.358 e. The second-order valence-electron chi connectivity index (χ2n) is 3.98. The van der Waals surface area contributed by atoms with Crippen LogP contribution in [0.15, 0.2) is 24.4 Å². The smallest absolute Gasteiger partial charge is 0.343 e. The Morgan fingerprint density at radius 2 is 2.15 bits per heavy atom. The van der Waals surface area contributed by atoms with Crippen LogP contribution in [0.5, 0.6) is 0 Å². The molecule has 0 saturated heterocycles. The molecule has 0 atom stereocenters. The summed E-state index contributed by atoms with van der Waals surface area (Å²) < 4.78 is 1.51. The molecule has 0 saturated carbocycles. The molecule has 0 radical (unpaired) electrons. The van der Waals surface area contributed by atoms with Crippen molar-refractivity contribution in [2.24, 2.45) is 0 Å². The number of imidazole rings is 1. The van der Waals surface area contributed by atoms with Crippen molar-refractivity contribution >= 4 is 41.2 Å². The van der Waals surface area contributed by atoms with Gasteiger partial charge in [0.25, 0.3) is 0 Å². The maximum absolute atomic E-state index is 10.8. The molecule has 0 bridgehead atoms. The van der Waals surface area contributed by atoms with Gasteiger partial charge in [-0.3, -0.25) is 0 Å². The Morgan fingerprint density at radius 1 is 1.40 bits per heavy atom. The fraction of sp³-hybridized carbons (Fsp3) is 0.154. The van der Waals surface area contributed by atoms with Crippen LogP contribution in [0, 0.1) is 10.1 Å². The predicted molar refractivity (Wildman–Crippen MR) is 79.9 cm³/mol. The molecule has 1 aromatic heterocycles. The first-order chi connectivity index (χ1) is 9.52. The number of hydrogen-bond acceptors (Lipinski definition) is 3. The van der Waals surface area contributed by atoms with Crippen LogP contribution < -0.4 is 0 Å². The van der Waals surface area contributed by atoms with E-state index < -0.39 is 4.92 Å².